The molecular weight excluding hydrogens is 302 g/mol. The van der Waals surface area contributed by atoms with Gasteiger partial charge in [0.15, 0.2) is 6.04 Å². The summed E-state index contributed by atoms with van der Waals surface area (Å²) in [6.07, 6.45) is -0.510. The Morgan fingerprint density at radius 1 is 1.50 bits per heavy atom. The highest BCUT2D eigenvalue weighted by molar-refractivity contribution is 9.10. The third-order valence-corrected chi connectivity index (χ3v) is 2.97. The zero-order valence-electron chi connectivity index (χ0n) is 9.89. The summed E-state index contributed by atoms with van der Waals surface area (Å²) >= 11 is 3.36. The minimum Gasteiger partial charge on any atom is -0.465 e. The van der Waals surface area contributed by atoms with Crippen LogP contribution in [0.15, 0.2) is 28.7 Å². The SMILES string of the molecule is CCOC(=O)[C@@H]1COC(c2ccc(Br)cc2)ON1. The van der Waals surface area contributed by atoms with Crippen LogP contribution in [0, 0.1) is 0 Å². The molecule has 1 N–H and O–H groups in total. The van der Waals surface area contributed by atoms with E-state index in [1.54, 1.807) is 6.92 Å². The van der Waals surface area contributed by atoms with Crippen molar-refractivity contribution in [2.75, 3.05) is 13.2 Å². The van der Waals surface area contributed by atoms with Gasteiger partial charge in [-0.15, -0.1) is 0 Å². The van der Waals surface area contributed by atoms with Crippen LogP contribution in [0.3, 0.4) is 0 Å². The fourth-order valence-corrected chi connectivity index (χ4v) is 1.80. The van der Waals surface area contributed by atoms with Crippen molar-refractivity contribution < 1.29 is 19.1 Å². The van der Waals surface area contributed by atoms with Crippen molar-refractivity contribution in [2.24, 2.45) is 0 Å². The van der Waals surface area contributed by atoms with Crippen molar-refractivity contribution in [1.29, 1.82) is 0 Å². The van der Waals surface area contributed by atoms with Crippen LogP contribution in [0.2, 0.25) is 0 Å². The van der Waals surface area contributed by atoms with E-state index >= 15 is 0 Å². The van der Waals surface area contributed by atoms with Gasteiger partial charge in [0.05, 0.1) is 13.2 Å². The minimum atomic E-state index is -0.573. The quantitative estimate of drug-likeness (QED) is 0.864. The maximum Gasteiger partial charge on any atom is 0.327 e. The zero-order chi connectivity index (χ0) is 13.0. The van der Waals surface area contributed by atoms with Gasteiger partial charge < -0.3 is 9.47 Å². The number of benzene rings is 1. The first-order chi connectivity index (χ1) is 8.70. The maximum absolute atomic E-state index is 11.4. The summed E-state index contributed by atoms with van der Waals surface area (Å²) in [5, 5.41) is 0. The predicted molar refractivity (Wildman–Crippen MR) is 67.5 cm³/mol. The first-order valence-corrected chi connectivity index (χ1v) is 6.45. The van der Waals surface area contributed by atoms with Crippen molar-refractivity contribution in [3.05, 3.63) is 34.3 Å². The van der Waals surface area contributed by atoms with Crippen LogP contribution >= 0.6 is 15.9 Å². The van der Waals surface area contributed by atoms with Gasteiger partial charge in [0.25, 0.3) is 0 Å². The van der Waals surface area contributed by atoms with Crippen LogP contribution in [0.4, 0.5) is 0 Å². The van der Waals surface area contributed by atoms with Gasteiger partial charge in [0, 0.05) is 10.0 Å². The average Bonchev–Trinajstić information content (AvgIpc) is 2.40. The van der Waals surface area contributed by atoms with Crippen LogP contribution in [-0.2, 0) is 19.1 Å². The van der Waals surface area contributed by atoms with Crippen LogP contribution in [-0.4, -0.2) is 25.2 Å². The lowest BCUT2D eigenvalue weighted by Crippen LogP contribution is -2.47. The molecule has 1 aliphatic rings. The van der Waals surface area contributed by atoms with Gasteiger partial charge in [0.2, 0.25) is 6.29 Å². The van der Waals surface area contributed by atoms with Crippen LogP contribution < -0.4 is 5.48 Å². The largest absolute Gasteiger partial charge is 0.465 e. The standard InChI is InChI=1S/C12H14BrNO4/c1-2-16-11(15)10-7-17-12(18-14-10)8-3-5-9(13)6-4-8/h3-6,10,12,14H,2,7H2,1H3/t10-,12?/m0/s1. The molecular formula is C12H14BrNO4. The fourth-order valence-electron chi connectivity index (χ4n) is 1.54. The molecule has 1 saturated heterocycles. The Balaban J connectivity index is 1.90. The molecule has 1 heterocycles. The lowest BCUT2D eigenvalue weighted by Gasteiger charge is -2.28. The van der Waals surface area contributed by atoms with Crippen molar-refractivity contribution in [1.82, 2.24) is 5.48 Å². The van der Waals surface area contributed by atoms with Gasteiger partial charge in [-0.25, -0.2) is 0 Å². The van der Waals surface area contributed by atoms with E-state index in [4.69, 9.17) is 14.3 Å². The first kappa shape index (κ1) is 13.5. The lowest BCUT2D eigenvalue weighted by atomic mass is 10.2. The predicted octanol–water partition coefficient (Wildman–Crippen LogP) is 1.93. The van der Waals surface area contributed by atoms with E-state index in [9.17, 15) is 4.79 Å². The summed E-state index contributed by atoms with van der Waals surface area (Å²) in [6, 6.07) is 7.01. The molecule has 18 heavy (non-hydrogen) atoms. The van der Waals surface area contributed by atoms with Gasteiger partial charge in [-0.2, -0.15) is 5.48 Å². The Morgan fingerprint density at radius 3 is 2.78 bits per heavy atom. The number of nitrogens with one attached hydrogen (secondary N) is 1. The summed E-state index contributed by atoms with van der Waals surface area (Å²) in [5.41, 5.74) is 3.54. The lowest BCUT2D eigenvalue weighted by molar-refractivity contribution is -0.242. The number of rotatable bonds is 3. The Labute approximate surface area is 113 Å². The molecule has 0 radical (unpaired) electrons. The first-order valence-electron chi connectivity index (χ1n) is 5.65. The number of carbonyl (C=O) groups is 1. The second-order valence-electron chi connectivity index (χ2n) is 3.76. The highest BCUT2D eigenvalue weighted by Crippen LogP contribution is 2.23. The molecule has 5 nitrogen and oxygen atoms in total. The molecule has 0 amide bonds. The molecule has 0 aromatic heterocycles. The second kappa shape index (κ2) is 6.29. The molecule has 0 aliphatic carbocycles. The van der Waals surface area contributed by atoms with Crippen molar-refractivity contribution in [2.45, 2.75) is 19.3 Å². The van der Waals surface area contributed by atoms with E-state index in [2.05, 4.69) is 21.4 Å². The number of esters is 1. The molecule has 2 rings (SSSR count). The van der Waals surface area contributed by atoms with E-state index in [0.29, 0.717) is 6.61 Å². The third-order valence-electron chi connectivity index (χ3n) is 2.44. The van der Waals surface area contributed by atoms with Gasteiger partial charge in [-0.05, 0) is 19.1 Å². The Hall–Kier alpha value is -0.950. The molecule has 0 spiro atoms. The summed E-state index contributed by atoms with van der Waals surface area (Å²) < 4.78 is 11.3. The summed E-state index contributed by atoms with van der Waals surface area (Å²) in [5.74, 6) is -0.369. The third kappa shape index (κ3) is 3.29. The molecule has 1 aromatic carbocycles. The van der Waals surface area contributed by atoms with Crippen LogP contribution in [0.25, 0.3) is 0 Å². The van der Waals surface area contributed by atoms with Gasteiger partial charge in [-0.3, -0.25) is 9.63 Å². The highest BCUT2D eigenvalue weighted by atomic mass is 79.9. The topological polar surface area (TPSA) is 56.8 Å². The number of hydroxylamine groups is 1. The molecule has 1 aromatic rings. The number of hydrogen-bond acceptors (Lipinski definition) is 5. The van der Waals surface area contributed by atoms with Crippen molar-refractivity contribution >= 4 is 21.9 Å². The maximum atomic E-state index is 11.4. The number of ether oxygens (including phenoxy) is 2. The number of carbonyl (C=O) groups excluding carboxylic acids is 1. The molecule has 6 heteroatoms. The summed E-state index contributed by atoms with van der Waals surface area (Å²) in [4.78, 5) is 16.7. The van der Waals surface area contributed by atoms with Gasteiger partial charge >= 0.3 is 5.97 Å². The number of hydrogen-bond donors (Lipinski definition) is 1. The molecule has 1 unspecified atom stereocenters. The Morgan fingerprint density at radius 2 is 2.22 bits per heavy atom. The van der Waals surface area contributed by atoms with Crippen LogP contribution in [0.1, 0.15) is 18.8 Å². The Bertz CT molecular complexity index is 401. The molecule has 98 valence electrons. The smallest absolute Gasteiger partial charge is 0.327 e. The van der Waals surface area contributed by atoms with Gasteiger partial charge in [0.1, 0.15) is 0 Å². The summed E-state index contributed by atoms with van der Waals surface area (Å²) in [7, 11) is 0. The van der Waals surface area contributed by atoms with E-state index in [-0.39, 0.29) is 12.6 Å². The van der Waals surface area contributed by atoms with E-state index < -0.39 is 12.3 Å². The minimum absolute atomic E-state index is 0.222. The molecule has 1 aliphatic heterocycles. The monoisotopic (exact) mass is 315 g/mol. The zero-order valence-corrected chi connectivity index (χ0v) is 11.5. The molecule has 0 saturated carbocycles. The van der Waals surface area contributed by atoms with Gasteiger partial charge in [-0.1, -0.05) is 28.1 Å². The number of halogens is 1. The highest BCUT2D eigenvalue weighted by Gasteiger charge is 2.29. The fraction of sp³-hybridized carbons (Fsp3) is 0.417. The molecule has 0 bridgehead atoms. The molecule has 1 fully saturated rings. The summed E-state index contributed by atoms with van der Waals surface area (Å²) in [6.45, 7) is 2.32. The van der Waals surface area contributed by atoms with Crippen LogP contribution in [0.5, 0.6) is 0 Å². The second-order valence-corrected chi connectivity index (χ2v) is 4.67. The van der Waals surface area contributed by atoms with E-state index in [1.807, 2.05) is 24.3 Å². The van der Waals surface area contributed by atoms with E-state index in [1.165, 1.54) is 0 Å². The normalized spacial score (nSPS) is 23.7. The van der Waals surface area contributed by atoms with Crippen molar-refractivity contribution in [3.8, 4) is 0 Å². The van der Waals surface area contributed by atoms with E-state index in [0.717, 1.165) is 10.0 Å². The Kier molecular flexibility index (Phi) is 4.71. The average molecular weight is 316 g/mol. The molecule has 2 atom stereocenters. The van der Waals surface area contributed by atoms with Crippen molar-refractivity contribution in [3.63, 3.8) is 0 Å².